The van der Waals surface area contributed by atoms with Gasteiger partial charge in [-0.3, -0.25) is 0 Å². The summed E-state index contributed by atoms with van der Waals surface area (Å²) in [6, 6.07) is 2.06. The van der Waals surface area contributed by atoms with Gasteiger partial charge in [-0.2, -0.15) is 0 Å². The number of aryl methyl sites for hydroxylation is 2. The summed E-state index contributed by atoms with van der Waals surface area (Å²) in [5.41, 5.74) is 4.00. The van der Waals surface area contributed by atoms with Crippen molar-refractivity contribution < 1.29 is 0 Å². The van der Waals surface area contributed by atoms with E-state index in [1.54, 1.807) is 17.7 Å². The minimum absolute atomic E-state index is 0.490. The van der Waals surface area contributed by atoms with E-state index >= 15 is 0 Å². The van der Waals surface area contributed by atoms with Crippen molar-refractivity contribution in [3.05, 3.63) is 39.7 Å². The predicted molar refractivity (Wildman–Crippen MR) is 95.2 cm³/mol. The number of hydrogen-bond donors (Lipinski definition) is 1. The average Bonchev–Trinajstić information content (AvgIpc) is 2.96. The SMILES string of the molecule is Cc1cc(C)c2c(NCCc3csc(C(C)C)n3)ncnc2n1. The summed E-state index contributed by atoms with van der Waals surface area (Å²) in [6.45, 7) is 9.19. The van der Waals surface area contributed by atoms with Crippen LogP contribution in [0.4, 0.5) is 5.82 Å². The van der Waals surface area contributed by atoms with Crippen LogP contribution in [0, 0.1) is 13.8 Å². The fraction of sp³-hybridized carbons (Fsp3) is 0.412. The van der Waals surface area contributed by atoms with Crippen molar-refractivity contribution in [1.82, 2.24) is 19.9 Å². The Morgan fingerprint density at radius 1 is 1.17 bits per heavy atom. The maximum atomic E-state index is 4.67. The first-order valence-electron chi connectivity index (χ1n) is 7.81. The molecule has 6 heteroatoms. The van der Waals surface area contributed by atoms with Crippen LogP contribution in [0.3, 0.4) is 0 Å². The van der Waals surface area contributed by atoms with E-state index in [2.05, 4.69) is 57.5 Å². The number of anilines is 1. The first kappa shape index (κ1) is 15.8. The van der Waals surface area contributed by atoms with Gasteiger partial charge in [0.05, 0.1) is 16.1 Å². The monoisotopic (exact) mass is 327 g/mol. The summed E-state index contributed by atoms with van der Waals surface area (Å²) >= 11 is 1.74. The number of fused-ring (bicyclic) bond motifs is 1. The minimum atomic E-state index is 0.490. The van der Waals surface area contributed by atoms with Crippen LogP contribution >= 0.6 is 11.3 Å². The Labute approximate surface area is 140 Å². The molecule has 0 saturated heterocycles. The molecule has 1 N–H and O–H groups in total. The molecule has 0 amide bonds. The van der Waals surface area contributed by atoms with Gasteiger partial charge in [0.1, 0.15) is 12.1 Å². The van der Waals surface area contributed by atoms with Crippen LogP contribution in [0.25, 0.3) is 11.0 Å². The van der Waals surface area contributed by atoms with E-state index in [0.717, 1.165) is 46.8 Å². The van der Waals surface area contributed by atoms with Gasteiger partial charge >= 0.3 is 0 Å². The summed E-state index contributed by atoms with van der Waals surface area (Å²) in [6.07, 6.45) is 2.45. The molecule has 0 unspecified atom stereocenters. The Hall–Kier alpha value is -2.08. The van der Waals surface area contributed by atoms with Gasteiger partial charge in [-0.1, -0.05) is 13.8 Å². The molecular weight excluding hydrogens is 306 g/mol. The van der Waals surface area contributed by atoms with Crippen LogP contribution in [0.5, 0.6) is 0 Å². The van der Waals surface area contributed by atoms with E-state index in [1.165, 1.54) is 5.01 Å². The van der Waals surface area contributed by atoms with Crippen molar-refractivity contribution in [2.75, 3.05) is 11.9 Å². The molecule has 3 heterocycles. The quantitative estimate of drug-likeness (QED) is 0.770. The maximum absolute atomic E-state index is 4.67. The molecule has 3 rings (SSSR count). The minimum Gasteiger partial charge on any atom is -0.369 e. The second kappa shape index (κ2) is 6.58. The van der Waals surface area contributed by atoms with E-state index in [0.29, 0.717) is 5.92 Å². The highest BCUT2D eigenvalue weighted by atomic mass is 32.1. The molecule has 3 aromatic heterocycles. The van der Waals surface area contributed by atoms with Crippen molar-refractivity contribution in [3.8, 4) is 0 Å². The fourth-order valence-corrected chi connectivity index (χ4v) is 3.42. The molecule has 0 aliphatic heterocycles. The Kier molecular flexibility index (Phi) is 4.52. The second-order valence-electron chi connectivity index (χ2n) is 6.01. The Balaban J connectivity index is 1.74. The molecule has 0 atom stereocenters. The predicted octanol–water partition coefficient (Wildman–Crippen LogP) is 3.88. The topological polar surface area (TPSA) is 63.6 Å². The lowest BCUT2D eigenvalue weighted by atomic mass is 10.1. The molecule has 23 heavy (non-hydrogen) atoms. The summed E-state index contributed by atoms with van der Waals surface area (Å²) < 4.78 is 0. The van der Waals surface area contributed by atoms with Crippen LogP contribution in [0.15, 0.2) is 17.8 Å². The van der Waals surface area contributed by atoms with Gasteiger partial charge in [0.15, 0.2) is 5.65 Å². The molecule has 0 aromatic carbocycles. The molecule has 0 spiro atoms. The normalized spacial score (nSPS) is 11.3. The maximum Gasteiger partial charge on any atom is 0.165 e. The van der Waals surface area contributed by atoms with Gasteiger partial charge in [0, 0.05) is 30.0 Å². The van der Waals surface area contributed by atoms with Gasteiger partial charge in [-0.25, -0.2) is 19.9 Å². The highest BCUT2D eigenvalue weighted by Gasteiger charge is 2.09. The van der Waals surface area contributed by atoms with Crippen molar-refractivity contribution >= 4 is 28.2 Å². The summed E-state index contributed by atoms with van der Waals surface area (Å²) in [5, 5.41) is 7.75. The summed E-state index contributed by atoms with van der Waals surface area (Å²) in [7, 11) is 0. The largest absolute Gasteiger partial charge is 0.369 e. The van der Waals surface area contributed by atoms with Gasteiger partial charge in [0.2, 0.25) is 0 Å². The van der Waals surface area contributed by atoms with E-state index in [4.69, 9.17) is 0 Å². The van der Waals surface area contributed by atoms with Gasteiger partial charge in [-0.05, 0) is 25.5 Å². The van der Waals surface area contributed by atoms with Gasteiger partial charge < -0.3 is 5.32 Å². The number of rotatable bonds is 5. The Morgan fingerprint density at radius 2 is 2.00 bits per heavy atom. The first-order chi connectivity index (χ1) is 11.0. The number of thiazole rings is 1. The van der Waals surface area contributed by atoms with Crippen LogP contribution in [-0.4, -0.2) is 26.5 Å². The van der Waals surface area contributed by atoms with E-state index in [-0.39, 0.29) is 0 Å². The van der Waals surface area contributed by atoms with Crippen molar-refractivity contribution in [1.29, 1.82) is 0 Å². The molecule has 0 saturated carbocycles. The number of nitrogens with one attached hydrogen (secondary N) is 1. The average molecular weight is 327 g/mol. The lowest BCUT2D eigenvalue weighted by Gasteiger charge is -2.09. The van der Waals surface area contributed by atoms with Crippen LogP contribution in [0.1, 0.15) is 41.7 Å². The van der Waals surface area contributed by atoms with Gasteiger partial charge in [0.25, 0.3) is 0 Å². The smallest absolute Gasteiger partial charge is 0.165 e. The molecule has 3 aromatic rings. The van der Waals surface area contributed by atoms with E-state index in [1.807, 2.05) is 6.92 Å². The zero-order chi connectivity index (χ0) is 16.4. The molecule has 0 aliphatic carbocycles. The van der Waals surface area contributed by atoms with Crippen LogP contribution < -0.4 is 5.32 Å². The molecule has 0 bridgehead atoms. The summed E-state index contributed by atoms with van der Waals surface area (Å²) in [4.78, 5) is 17.8. The zero-order valence-corrected chi connectivity index (χ0v) is 14.7. The number of nitrogens with zero attached hydrogens (tertiary/aromatic N) is 4. The third-order valence-electron chi connectivity index (χ3n) is 3.67. The van der Waals surface area contributed by atoms with Crippen molar-refractivity contribution in [2.24, 2.45) is 0 Å². The molecule has 0 radical (unpaired) electrons. The van der Waals surface area contributed by atoms with Crippen LogP contribution in [0.2, 0.25) is 0 Å². The number of aromatic nitrogens is 4. The molecule has 0 fully saturated rings. The highest BCUT2D eigenvalue weighted by molar-refractivity contribution is 7.09. The third-order valence-corrected chi connectivity index (χ3v) is 4.86. The first-order valence-corrected chi connectivity index (χ1v) is 8.69. The fourth-order valence-electron chi connectivity index (χ4n) is 2.55. The number of hydrogen-bond acceptors (Lipinski definition) is 6. The Morgan fingerprint density at radius 3 is 2.74 bits per heavy atom. The zero-order valence-electron chi connectivity index (χ0n) is 13.9. The molecule has 0 aliphatic rings. The van der Waals surface area contributed by atoms with Crippen molar-refractivity contribution in [3.63, 3.8) is 0 Å². The van der Waals surface area contributed by atoms with E-state index < -0.39 is 0 Å². The standard InChI is InChI=1S/C17H21N5S/c1-10(2)17-22-13(8-23-17)5-6-18-15-14-11(3)7-12(4)21-16(14)20-9-19-15/h7-10H,5-6H2,1-4H3,(H,18,19,20,21). The molecule has 5 nitrogen and oxygen atoms in total. The second-order valence-corrected chi connectivity index (χ2v) is 6.90. The lowest BCUT2D eigenvalue weighted by Crippen LogP contribution is -2.08. The molecular formula is C17H21N5S. The van der Waals surface area contributed by atoms with Crippen molar-refractivity contribution in [2.45, 2.75) is 40.0 Å². The van der Waals surface area contributed by atoms with Gasteiger partial charge in [-0.15, -0.1) is 11.3 Å². The summed E-state index contributed by atoms with van der Waals surface area (Å²) in [5.74, 6) is 1.34. The lowest BCUT2D eigenvalue weighted by molar-refractivity contribution is 0.835. The van der Waals surface area contributed by atoms with E-state index in [9.17, 15) is 0 Å². The van der Waals surface area contributed by atoms with Crippen LogP contribution in [-0.2, 0) is 6.42 Å². The highest BCUT2D eigenvalue weighted by Crippen LogP contribution is 2.23. The molecule has 120 valence electrons. The number of pyridine rings is 1. The Bertz CT molecular complexity index is 825. The third kappa shape index (κ3) is 3.47.